The minimum Gasteiger partial charge on any atom is -0.371 e. The lowest BCUT2D eigenvalue weighted by Gasteiger charge is -2.15. The van der Waals surface area contributed by atoms with Gasteiger partial charge in [0.25, 0.3) is 5.91 Å². The van der Waals surface area contributed by atoms with E-state index in [4.69, 9.17) is 4.74 Å². The van der Waals surface area contributed by atoms with E-state index in [0.29, 0.717) is 11.3 Å². The molecule has 0 spiro atoms. The molecule has 2 saturated heterocycles. The van der Waals surface area contributed by atoms with Crippen LogP contribution in [-0.4, -0.2) is 41.4 Å². The largest absolute Gasteiger partial charge is 0.371 e. The average Bonchev–Trinajstić information content (AvgIpc) is 3.49. The smallest absolute Gasteiger partial charge is 0.267 e. The summed E-state index contributed by atoms with van der Waals surface area (Å²) in [4.78, 5) is 31.5. The molecule has 2 aliphatic rings. The molecule has 1 N–H and O–H groups in total. The van der Waals surface area contributed by atoms with Crippen molar-refractivity contribution in [2.45, 2.75) is 44.6 Å². The molecular weight excluding hydrogens is 374 g/mol. The third-order valence-electron chi connectivity index (χ3n) is 5.25. The van der Waals surface area contributed by atoms with Crippen LogP contribution in [0.3, 0.4) is 0 Å². The Labute approximate surface area is 168 Å². The number of amides is 2. The molecule has 28 heavy (non-hydrogen) atoms. The fourth-order valence-electron chi connectivity index (χ4n) is 3.64. The molecule has 1 aromatic carbocycles. The van der Waals surface area contributed by atoms with Crippen molar-refractivity contribution in [3.8, 4) is 0 Å². The molecule has 1 atom stereocenters. The summed E-state index contributed by atoms with van der Waals surface area (Å²) in [6.45, 7) is 2.56. The van der Waals surface area contributed by atoms with Gasteiger partial charge in [0.05, 0.1) is 6.20 Å². The van der Waals surface area contributed by atoms with E-state index in [1.54, 1.807) is 6.20 Å². The number of aryl methyl sites for hydroxylation is 1. The number of anilines is 1. The van der Waals surface area contributed by atoms with Crippen molar-refractivity contribution in [2.75, 3.05) is 25.0 Å². The summed E-state index contributed by atoms with van der Waals surface area (Å²) >= 11 is 1.39. The van der Waals surface area contributed by atoms with Crippen LogP contribution in [0.25, 0.3) is 0 Å². The number of carbonyl (C=O) groups excluding carboxylic acids is 2. The molecule has 0 bridgehead atoms. The third kappa shape index (κ3) is 4.59. The van der Waals surface area contributed by atoms with Gasteiger partial charge in [-0.2, -0.15) is 0 Å². The zero-order valence-corrected chi connectivity index (χ0v) is 16.7. The number of rotatable bonds is 6. The van der Waals surface area contributed by atoms with Gasteiger partial charge in [-0.05, 0) is 49.8 Å². The third-order valence-corrected chi connectivity index (χ3v) is 6.34. The molecule has 2 aliphatic heterocycles. The van der Waals surface area contributed by atoms with Crippen LogP contribution < -0.4 is 5.32 Å². The molecule has 0 saturated carbocycles. The van der Waals surface area contributed by atoms with E-state index in [-0.39, 0.29) is 17.9 Å². The van der Waals surface area contributed by atoms with E-state index in [2.05, 4.69) is 10.3 Å². The average molecular weight is 400 g/mol. The molecule has 4 rings (SSSR count). The van der Waals surface area contributed by atoms with Gasteiger partial charge in [0.15, 0.2) is 0 Å². The quantitative estimate of drug-likeness (QED) is 0.802. The van der Waals surface area contributed by atoms with Gasteiger partial charge in [0.1, 0.15) is 16.0 Å². The van der Waals surface area contributed by atoms with Crippen molar-refractivity contribution in [3.63, 3.8) is 0 Å². The zero-order chi connectivity index (χ0) is 19.3. The Balaban J connectivity index is 1.29. The molecule has 3 heterocycles. The molecule has 2 aromatic rings. The predicted molar refractivity (Wildman–Crippen MR) is 109 cm³/mol. The predicted octanol–water partition coefficient (Wildman–Crippen LogP) is 3.80. The fourth-order valence-corrected chi connectivity index (χ4v) is 4.53. The monoisotopic (exact) mass is 399 g/mol. The normalized spacial score (nSPS) is 19.1. The first-order chi connectivity index (χ1) is 13.7. The molecule has 0 aliphatic carbocycles. The Morgan fingerprint density at radius 2 is 1.96 bits per heavy atom. The number of ether oxygens (including phenoxy) is 1. The maximum absolute atomic E-state index is 12.5. The van der Waals surface area contributed by atoms with Gasteiger partial charge in [-0.3, -0.25) is 9.59 Å². The highest BCUT2D eigenvalue weighted by Crippen LogP contribution is 2.31. The second-order valence-corrected chi connectivity index (χ2v) is 8.37. The summed E-state index contributed by atoms with van der Waals surface area (Å²) in [6, 6.07) is 7.71. The van der Waals surface area contributed by atoms with E-state index >= 15 is 0 Å². The first kappa shape index (κ1) is 19.1. The summed E-state index contributed by atoms with van der Waals surface area (Å²) in [5, 5.41) is 3.79. The summed E-state index contributed by atoms with van der Waals surface area (Å²) in [6.07, 6.45) is 7.17. The van der Waals surface area contributed by atoms with Crippen molar-refractivity contribution < 1.29 is 14.3 Å². The number of thiazole rings is 1. The van der Waals surface area contributed by atoms with Gasteiger partial charge in [0, 0.05) is 31.8 Å². The molecule has 148 valence electrons. The van der Waals surface area contributed by atoms with Crippen molar-refractivity contribution in [3.05, 3.63) is 45.9 Å². The van der Waals surface area contributed by atoms with Gasteiger partial charge in [-0.1, -0.05) is 12.1 Å². The number of hydrogen-bond acceptors (Lipinski definition) is 5. The summed E-state index contributed by atoms with van der Waals surface area (Å²) in [5.74, 6) is 0.0841. The molecule has 2 amide bonds. The first-order valence-electron chi connectivity index (χ1n) is 9.94. The number of aromatic nitrogens is 1. The van der Waals surface area contributed by atoms with Gasteiger partial charge in [-0.15, -0.1) is 11.3 Å². The molecule has 2 fully saturated rings. The van der Waals surface area contributed by atoms with Crippen LogP contribution in [0.1, 0.15) is 58.5 Å². The Morgan fingerprint density at radius 1 is 1.18 bits per heavy atom. The molecule has 1 unspecified atom stereocenters. The van der Waals surface area contributed by atoms with Crippen LogP contribution in [0.2, 0.25) is 0 Å². The van der Waals surface area contributed by atoms with Crippen molar-refractivity contribution in [1.82, 2.24) is 9.88 Å². The summed E-state index contributed by atoms with van der Waals surface area (Å²) < 4.78 is 5.62. The van der Waals surface area contributed by atoms with Crippen molar-refractivity contribution in [1.29, 1.82) is 0 Å². The second-order valence-electron chi connectivity index (χ2n) is 7.30. The Bertz CT molecular complexity index is 822. The number of nitrogens with zero attached hydrogens (tertiary/aromatic N) is 2. The second kappa shape index (κ2) is 8.84. The Morgan fingerprint density at radius 3 is 2.68 bits per heavy atom. The first-order valence-corrected chi connectivity index (χ1v) is 10.8. The van der Waals surface area contributed by atoms with Crippen molar-refractivity contribution in [2.24, 2.45) is 0 Å². The van der Waals surface area contributed by atoms with E-state index in [0.717, 1.165) is 68.1 Å². The highest BCUT2D eigenvalue weighted by molar-refractivity contribution is 7.13. The van der Waals surface area contributed by atoms with Gasteiger partial charge >= 0.3 is 0 Å². The van der Waals surface area contributed by atoms with Crippen LogP contribution in [0.5, 0.6) is 0 Å². The van der Waals surface area contributed by atoms with Gasteiger partial charge < -0.3 is 15.0 Å². The van der Waals surface area contributed by atoms with Crippen molar-refractivity contribution >= 4 is 28.8 Å². The molecule has 1 aromatic heterocycles. The number of carbonyl (C=O) groups is 2. The number of hydrogen-bond donors (Lipinski definition) is 1. The topological polar surface area (TPSA) is 71.5 Å². The van der Waals surface area contributed by atoms with Crippen LogP contribution in [0.4, 0.5) is 5.69 Å². The van der Waals surface area contributed by atoms with E-state index in [9.17, 15) is 9.59 Å². The lowest BCUT2D eigenvalue weighted by Crippen LogP contribution is -2.27. The minimum absolute atomic E-state index is 0.0362. The maximum Gasteiger partial charge on any atom is 0.267 e. The zero-order valence-electron chi connectivity index (χ0n) is 15.9. The number of benzene rings is 1. The minimum atomic E-state index is -0.154. The SMILES string of the molecule is O=C(Nc1ccc(CCC(=O)N2CCCC2)cc1)c1cnc(C2CCCO2)s1. The van der Waals surface area contributed by atoms with Gasteiger partial charge in [-0.25, -0.2) is 4.98 Å². The summed E-state index contributed by atoms with van der Waals surface area (Å²) in [5.41, 5.74) is 1.84. The molecule has 0 radical (unpaired) electrons. The molecule has 6 nitrogen and oxygen atoms in total. The van der Waals surface area contributed by atoms with Crippen LogP contribution >= 0.6 is 11.3 Å². The number of likely N-dealkylation sites (tertiary alicyclic amines) is 1. The fraction of sp³-hybridized carbons (Fsp3) is 0.476. The van der Waals surface area contributed by atoms with Crippen LogP contribution in [0.15, 0.2) is 30.5 Å². The Hall–Kier alpha value is -2.25. The highest BCUT2D eigenvalue weighted by Gasteiger charge is 2.22. The molecule has 7 heteroatoms. The van der Waals surface area contributed by atoms with Gasteiger partial charge in [0.2, 0.25) is 5.91 Å². The van der Waals surface area contributed by atoms with Crippen LogP contribution in [-0.2, 0) is 16.0 Å². The Kier molecular flexibility index (Phi) is 6.02. The van der Waals surface area contributed by atoms with E-state index in [1.165, 1.54) is 11.3 Å². The van der Waals surface area contributed by atoms with Crippen LogP contribution in [0, 0.1) is 0 Å². The lowest BCUT2D eigenvalue weighted by molar-refractivity contribution is -0.130. The standard InChI is InChI=1S/C21H25N3O3S/c25-19(24-11-1-2-12-24)10-7-15-5-8-16(9-6-15)23-20(26)18-14-22-21(28-18)17-4-3-13-27-17/h5-6,8-9,14,17H,1-4,7,10-13H2,(H,23,26). The lowest BCUT2D eigenvalue weighted by atomic mass is 10.1. The highest BCUT2D eigenvalue weighted by atomic mass is 32.1. The van der Waals surface area contributed by atoms with E-state index in [1.807, 2.05) is 29.2 Å². The summed E-state index contributed by atoms with van der Waals surface area (Å²) in [7, 11) is 0. The number of nitrogens with one attached hydrogen (secondary N) is 1. The maximum atomic E-state index is 12.5. The molecular formula is C21H25N3O3S. The van der Waals surface area contributed by atoms with E-state index < -0.39 is 0 Å².